The lowest BCUT2D eigenvalue weighted by Gasteiger charge is -2.27. The van der Waals surface area contributed by atoms with Gasteiger partial charge >= 0.3 is 0 Å². The Bertz CT molecular complexity index is 425. The highest BCUT2D eigenvalue weighted by Crippen LogP contribution is 2.30. The summed E-state index contributed by atoms with van der Waals surface area (Å²) in [6, 6.07) is 3.31. The minimum absolute atomic E-state index is 0.0493. The monoisotopic (exact) mass is 261 g/mol. The van der Waals surface area contributed by atoms with Gasteiger partial charge in [0.05, 0.1) is 0 Å². The molecule has 1 amide bonds. The number of carbonyl (C=O) groups excluding carboxylic acids is 1. The third-order valence-electron chi connectivity index (χ3n) is 4.14. The van der Waals surface area contributed by atoms with Crippen LogP contribution in [0.25, 0.3) is 0 Å². The SMILES string of the molecule is CCC1CCC(CNC(=O)c2ccnc(N)c2)CC1. The number of nitrogens with two attached hydrogens (primary N) is 1. The number of pyridine rings is 1. The lowest BCUT2D eigenvalue weighted by molar-refractivity contribution is 0.0941. The van der Waals surface area contributed by atoms with Crippen molar-refractivity contribution in [3.63, 3.8) is 0 Å². The van der Waals surface area contributed by atoms with Gasteiger partial charge in [0.2, 0.25) is 0 Å². The van der Waals surface area contributed by atoms with Crippen molar-refractivity contribution >= 4 is 11.7 Å². The molecule has 104 valence electrons. The van der Waals surface area contributed by atoms with Crippen LogP contribution in [0.3, 0.4) is 0 Å². The minimum Gasteiger partial charge on any atom is -0.384 e. The van der Waals surface area contributed by atoms with Crippen LogP contribution >= 0.6 is 0 Å². The molecule has 1 aromatic rings. The maximum atomic E-state index is 12.0. The summed E-state index contributed by atoms with van der Waals surface area (Å²) in [4.78, 5) is 15.9. The van der Waals surface area contributed by atoms with E-state index in [2.05, 4.69) is 17.2 Å². The van der Waals surface area contributed by atoms with Gasteiger partial charge in [0, 0.05) is 18.3 Å². The molecule has 1 saturated carbocycles. The van der Waals surface area contributed by atoms with Crippen LogP contribution in [0.2, 0.25) is 0 Å². The highest BCUT2D eigenvalue weighted by Gasteiger charge is 2.20. The molecule has 1 aromatic heterocycles. The van der Waals surface area contributed by atoms with E-state index in [0.29, 0.717) is 17.3 Å². The molecular weight excluding hydrogens is 238 g/mol. The Kier molecular flexibility index (Phi) is 4.77. The van der Waals surface area contributed by atoms with E-state index in [1.165, 1.54) is 32.1 Å². The Hall–Kier alpha value is -1.58. The quantitative estimate of drug-likeness (QED) is 0.875. The second kappa shape index (κ2) is 6.55. The molecule has 4 heteroatoms. The molecule has 2 rings (SSSR count). The van der Waals surface area contributed by atoms with E-state index in [0.717, 1.165) is 12.5 Å². The summed E-state index contributed by atoms with van der Waals surface area (Å²) in [6.07, 6.45) is 7.93. The highest BCUT2D eigenvalue weighted by molar-refractivity contribution is 5.94. The van der Waals surface area contributed by atoms with Gasteiger partial charge in [0.15, 0.2) is 0 Å². The molecule has 3 N–H and O–H groups in total. The first-order valence-corrected chi connectivity index (χ1v) is 7.18. The smallest absolute Gasteiger partial charge is 0.251 e. The Morgan fingerprint density at radius 3 is 2.68 bits per heavy atom. The Balaban J connectivity index is 1.78. The Morgan fingerprint density at radius 1 is 1.37 bits per heavy atom. The van der Waals surface area contributed by atoms with Crippen LogP contribution in [-0.4, -0.2) is 17.4 Å². The predicted octanol–water partition coefficient (Wildman–Crippen LogP) is 2.61. The maximum Gasteiger partial charge on any atom is 0.251 e. The first-order chi connectivity index (χ1) is 9.19. The number of nitrogens with one attached hydrogen (secondary N) is 1. The lowest BCUT2D eigenvalue weighted by atomic mass is 9.81. The first-order valence-electron chi connectivity index (χ1n) is 7.18. The fraction of sp³-hybridized carbons (Fsp3) is 0.600. The van der Waals surface area contributed by atoms with Crippen LogP contribution in [0.1, 0.15) is 49.4 Å². The molecule has 1 fully saturated rings. The van der Waals surface area contributed by atoms with E-state index in [1.54, 1.807) is 18.3 Å². The average Bonchev–Trinajstić information content (AvgIpc) is 2.45. The fourth-order valence-electron chi connectivity index (χ4n) is 2.77. The van der Waals surface area contributed by atoms with Crippen molar-refractivity contribution in [2.45, 2.75) is 39.0 Å². The topological polar surface area (TPSA) is 68.0 Å². The molecule has 0 atom stereocenters. The van der Waals surface area contributed by atoms with E-state index in [4.69, 9.17) is 5.73 Å². The number of nitrogen functional groups attached to an aromatic ring is 1. The zero-order chi connectivity index (χ0) is 13.7. The molecule has 0 saturated heterocycles. The molecule has 0 bridgehead atoms. The number of carbonyl (C=O) groups is 1. The van der Waals surface area contributed by atoms with E-state index in [-0.39, 0.29) is 5.91 Å². The second-order valence-corrected chi connectivity index (χ2v) is 5.47. The zero-order valence-corrected chi connectivity index (χ0v) is 11.6. The van der Waals surface area contributed by atoms with Crippen molar-refractivity contribution in [1.82, 2.24) is 10.3 Å². The van der Waals surface area contributed by atoms with Gasteiger partial charge in [-0.3, -0.25) is 4.79 Å². The lowest BCUT2D eigenvalue weighted by Crippen LogP contribution is -2.31. The largest absolute Gasteiger partial charge is 0.384 e. The molecule has 19 heavy (non-hydrogen) atoms. The summed E-state index contributed by atoms with van der Waals surface area (Å²) in [5.41, 5.74) is 6.17. The summed E-state index contributed by atoms with van der Waals surface area (Å²) < 4.78 is 0. The van der Waals surface area contributed by atoms with E-state index in [1.807, 2.05) is 0 Å². The van der Waals surface area contributed by atoms with E-state index in [9.17, 15) is 4.79 Å². The number of amides is 1. The van der Waals surface area contributed by atoms with Crippen LogP contribution in [-0.2, 0) is 0 Å². The maximum absolute atomic E-state index is 12.0. The van der Waals surface area contributed by atoms with Crippen molar-refractivity contribution in [3.05, 3.63) is 23.9 Å². The summed E-state index contributed by atoms with van der Waals surface area (Å²) >= 11 is 0. The normalized spacial score (nSPS) is 23.0. The van der Waals surface area contributed by atoms with Gasteiger partial charge in [-0.1, -0.05) is 26.2 Å². The van der Waals surface area contributed by atoms with Gasteiger partial charge in [-0.05, 0) is 36.8 Å². The molecule has 0 radical (unpaired) electrons. The molecule has 0 spiro atoms. The van der Waals surface area contributed by atoms with Crippen LogP contribution in [0, 0.1) is 11.8 Å². The average molecular weight is 261 g/mol. The Labute approximate surface area is 114 Å². The summed E-state index contributed by atoms with van der Waals surface area (Å²) in [5.74, 6) is 1.86. The molecule has 4 nitrogen and oxygen atoms in total. The van der Waals surface area contributed by atoms with Crippen LogP contribution in [0.4, 0.5) is 5.82 Å². The van der Waals surface area contributed by atoms with Gasteiger partial charge in [-0.15, -0.1) is 0 Å². The van der Waals surface area contributed by atoms with Crippen molar-refractivity contribution in [3.8, 4) is 0 Å². The van der Waals surface area contributed by atoms with E-state index < -0.39 is 0 Å². The molecule has 0 unspecified atom stereocenters. The number of hydrogen-bond donors (Lipinski definition) is 2. The van der Waals surface area contributed by atoms with Gasteiger partial charge in [0.1, 0.15) is 5.82 Å². The van der Waals surface area contributed by atoms with Crippen LogP contribution in [0.5, 0.6) is 0 Å². The van der Waals surface area contributed by atoms with Gasteiger partial charge in [-0.2, -0.15) is 0 Å². The molecule has 0 aromatic carbocycles. The van der Waals surface area contributed by atoms with Crippen molar-refractivity contribution in [2.24, 2.45) is 11.8 Å². The fourth-order valence-corrected chi connectivity index (χ4v) is 2.77. The van der Waals surface area contributed by atoms with Crippen molar-refractivity contribution in [1.29, 1.82) is 0 Å². The number of anilines is 1. The number of aromatic nitrogens is 1. The number of hydrogen-bond acceptors (Lipinski definition) is 3. The molecule has 0 aliphatic heterocycles. The predicted molar refractivity (Wildman–Crippen MR) is 76.7 cm³/mol. The molecular formula is C15H23N3O. The summed E-state index contributed by atoms with van der Waals surface area (Å²) in [7, 11) is 0. The van der Waals surface area contributed by atoms with E-state index >= 15 is 0 Å². The second-order valence-electron chi connectivity index (χ2n) is 5.47. The standard InChI is InChI=1S/C15H23N3O/c1-2-11-3-5-12(6-4-11)10-18-15(19)13-7-8-17-14(16)9-13/h7-9,11-12H,2-6,10H2,1H3,(H2,16,17)(H,18,19). The van der Waals surface area contributed by atoms with Crippen molar-refractivity contribution in [2.75, 3.05) is 12.3 Å². The third-order valence-corrected chi connectivity index (χ3v) is 4.14. The first kappa shape index (κ1) is 13.8. The van der Waals surface area contributed by atoms with Crippen molar-refractivity contribution < 1.29 is 4.79 Å². The van der Waals surface area contributed by atoms with Crippen LogP contribution in [0.15, 0.2) is 18.3 Å². The van der Waals surface area contributed by atoms with Gasteiger partial charge < -0.3 is 11.1 Å². The van der Waals surface area contributed by atoms with Crippen LogP contribution < -0.4 is 11.1 Å². The molecule has 1 aliphatic rings. The highest BCUT2D eigenvalue weighted by atomic mass is 16.1. The number of nitrogens with zero attached hydrogens (tertiary/aromatic N) is 1. The number of rotatable bonds is 4. The van der Waals surface area contributed by atoms with Gasteiger partial charge in [-0.25, -0.2) is 4.98 Å². The third kappa shape index (κ3) is 3.94. The summed E-state index contributed by atoms with van der Waals surface area (Å²) in [5, 5.41) is 3.01. The zero-order valence-electron chi connectivity index (χ0n) is 11.6. The molecule has 1 heterocycles. The molecule has 1 aliphatic carbocycles. The summed E-state index contributed by atoms with van der Waals surface area (Å²) in [6.45, 7) is 3.04. The minimum atomic E-state index is -0.0493. The Morgan fingerprint density at radius 2 is 2.05 bits per heavy atom. The van der Waals surface area contributed by atoms with Gasteiger partial charge in [0.25, 0.3) is 5.91 Å².